The van der Waals surface area contributed by atoms with Crippen LogP contribution in [0.15, 0.2) is 66.2 Å². The molecule has 2 heterocycles. The minimum absolute atomic E-state index is 0.0492. The molecular weight excluding hydrogens is 478 g/mol. The number of ether oxygens (including phenoxy) is 1. The van der Waals surface area contributed by atoms with Crippen molar-refractivity contribution >= 4 is 28.8 Å². The minimum Gasteiger partial charge on any atom is -0.507 e. The fraction of sp³-hybridized carbons (Fsp3) is 0.148. The smallest absolute Gasteiger partial charge is 0.311 e. The highest BCUT2D eigenvalue weighted by molar-refractivity contribution is 6.51. The number of Topliss-reactive ketones (excluding diaryl/α,β-unsaturated/α-hetero) is 1. The summed E-state index contributed by atoms with van der Waals surface area (Å²) in [6, 6.07) is 15.0. The van der Waals surface area contributed by atoms with Crippen molar-refractivity contribution in [3.05, 3.63) is 98.6 Å². The Balaban J connectivity index is 1.72. The van der Waals surface area contributed by atoms with Crippen LogP contribution >= 0.6 is 0 Å². The lowest BCUT2D eigenvalue weighted by atomic mass is 9.94. The van der Waals surface area contributed by atoms with Gasteiger partial charge in [-0.05, 0) is 66.6 Å². The second-order valence-electron chi connectivity index (χ2n) is 8.79. The summed E-state index contributed by atoms with van der Waals surface area (Å²) in [5.41, 5.74) is 0.937. The standard InChI is InChI=1S/C27H19N3O7/c1-14-10-18-11-17(5-9-22(18)37-14)25(32)23-24(16-4-8-21(31)20(12-16)30(35)36)29(27(34)26(23)33)19-6-2-15(13-28)3-7-19/h2-9,11-12,14,24,31-32H,10H2,1H3/b25-23+. The maximum atomic E-state index is 13.3. The zero-order valence-corrected chi connectivity index (χ0v) is 19.4. The van der Waals surface area contributed by atoms with E-state index in [0.717, 1.165) is 22.6 Å². The van der Waals surface area contributed by atoms with Crippen molar-refractivity contribution in [2.45, 2.75) is 25.5 Å². The molecule has 2 aliphatic rings. The Morgan fingerprint density at radius 2 is 1.86 bits per heavy atom. The zero-order valence-electron chi connectivity index (χ0n) is 19.4. The number of rotatable bonds is 4. The Morgan fingerprint density at radius 1 is 1.14 bits per heavy atom. The predicted molar refractivity (Wildman–Crippen MR) is 131 cm³/mol. The molecule has 2 aliphatic heterocycles. The molecule has 10 heteroatoms. The van der Waals surface area contributed by atoms with Gasteiger partial charge in [-0.25, -0.2) is 0 Å². The third-order valence-electron chi connectivity index (χ3n) is 6.40. The molecule has 37 heavy (non-hydrogen) atoms. The van der Waals surface area contributed by atoms with Crippen LogP contribution in [0.5, 0.6) is 11.5 Å². The average molecular weight is 497 g/mol. The van der Waals surface area contributed by atoms with Crippen molar-refractivity contribution in [3.8, 4) is 17.6 Å². The van der Waals surface area contributed by atoms with Gasteiger partial charge in [0.05, 0.1) is 28.2 Å². The van der Waals surface area contributed by atoms with Gasteiger partial charge in [0, 0.05) is 23.7 Å². The number of carbonyl (C=O) groups is 2. The van der Waals surface area contributed by atoms with E-state index in [1.807, 2.05) is 13.0 Å². The van der Waals surface area contributed by atoms with E-state index in [0.29, 0.717) is 17.7 Å². The highest BCUT2D eigenvalue weighted by Crippen LogP contribution is 2.44. The van der Waals surface area contributed by atoms with Crippen LogP contribution < -0.4 is 9.64 Å². The predicted octanol–water partition coefficient (Wildman–Crippen LogP) is 4.12. The van der Waals surface area contributed by atoms with Crippen LogP contribution in [0.4, 0.5) is 11.4 Å². The topological polar surface area (TPSA) is 154 Å². The number of nitriles is 1. The van der Waals surface area contributed by atoms with Crippen LogP contribution in [-0.4, -0.2) is 32.9 Å². The third kappa shape index (κ3) is 3.92. The number of hydrogen-bond acceptors (Lipinski definition) is 8. The third-order valence-corrected chi connectivity index (χ3v) is 6.40. The van der Waals surface area contributed by atoms with Crippen LogP contribution in [0, 0.1) is 21.4 Å². The van der Waals surface area contributed by atoms with Gasteiger partial charge in [0.15, 0.2) is 5.75 Å². The maximum absolute atomic E-state index is 13.3. The van der Waals surface area contributed by atoms with E-state index in [2.05, 4.69) is 0 Å². The summed E-state index contributed by atoms with van der Waals surface area (Å²) < 4.78 is 5.70. The van der Waals surface area contributed by atoms with E-state index in [1.165, 1.54) is 30.3 Å². The summed E-state index contributed by atoms with van der Waals surface area (Å²) in [6.45, 7) is 1.90. The number of carbonyl (C=O) groups excluding carboxylic acids is 2. The van der Waals surface area contributed by atoms with E-state index in [1.54, 1.807) is 18.2 Å². The molecule has 2 N–H and O–H groups in total. The fourth-order valence-electron chi connectivity index (χ4n) is 4.69. The highest BCUT2D eigenvalue weighted by atomic mass is 16.6. The molecule has 3 aromatic carbocycles. The number of phenolic OH excluding ortho intramolecular Hbond substituents is 1. The summed E-state index contributed by atoms with van der Waals surface area (Å²) in [7, 11) is 0. The Hall–Kier alpha value is -5.17. The fourth-order valence-corrected chi connectivity index (χ4v) is 4.69. The number of hydrogen-bond donors (Lipinski definition) is 2. The molecule has 2 atom stereocenters. The molecule has 0 aliphatic carbocycles. The van der Waals surface area contributed by atoms with Crippen molar-refractivity contribution in [1.82, 2.24) is 0 Å². The molecule has 1 amide bonds. The summed E-state index contributed by atoms with van der Waals surface area (Å²) in [5, 5.41) is 41.9. The van der Waals surface area contributed by atoms with Gasteiger partial charge in [-0.15, -0.1) is 0 Å². The van der Waals surface area contributed by atoms with Crippen LogP contribution in [0.2, 0.25) is 0 Å². The molecule has 184 valence electrons. The number of aliphatic hydroxyl groups excluding tert-OH is 1. The number of nitro groups is 1. The molecule has 0 bridgehead atoms. The number of aliphatic hydroxyl groups is 1. The maximum Gasteiger partial charge on any atom is 0.311 e. The van der Waals surface area contributed by atoms with E-state index >= 15 is 0 Å². The lowest BCUT2D eigenvalue weighted by Gasteiger charge is -2.25. The first-order chi connectivity index (χ1) is 17.7. The number of benzene rings is 3. The summed E-state index contributed by atoms with van der Waals surface area (Å²) >= 11 is 0. The van der Waals surface area contributed by atoms with Gasteiger partial charge in [0.2, 0.25) is 0 Å². The van der Waals surface area contributed by atoms with E-state index in [-0.39, 0.29) is 28.5 Å². The number of phenols is 1. The lowest BCUT2D eigenvalue weighted by Crippen LogP contribution is -2.29. The van der Waals surface area contributed by atoms with E-state index < -0.39 is 39.9 Å². The lowest BCUT2D eigenvalue weighted by molar-refractivity contribution is -0.385. The first-order valence-electron chi connectivity index (χ1n) is 11.3. The molecule has 10 nitrogen and oxygen atoms in total. The van der Waals surface area contributed by atoms with Crippen LogP contribution in [0.1, 0.15) is 35.2 Å². The number of amides is 1. The minimum atomic E-state index is -1.24. The van der Waals surface area contributed by atoms with Gasteiger partial charge in [-0.1, -0.05) is 6.07 Å². The average Bonchev–Trinajstić information content (AvgIpc) is 3.39. The second-order valence-corrected chi connectivity index (χ2v) is 8.79. The number of ketones is 1. The summed E-state index contributed by atoms with van der Waals surface area (Å²) in [4.78, 5) is 38.4. The Labute approximate surface area is 210 Å². The van der Waals surface area contributed by atoms with Gasteiger partial charge in [0.1, 0.15) is 17.6 Å². The quantitative estimate of drug-likeness (QED) is 0.179. The number of nitro benzene ring substituents is 1. The van der Waals surface area contributed by atoms with Gasteiger partial charge in [0.25, 0.3) is 11.7 Å². The Morgan fingerprint density at radius 3 is 2.54 bits per heavy atom. The van der Waals surface area contributed by atoms with Crippen LogP contribution in [0.3, 0.4) is 0 Å². The van der Waals surface area contributed by atoms with Crippen molar-refractivity contribution in [2.24, 2.45) is 0 Å². The van der Waals surface area contributed by atoms with E-state index in [9.17, 15) is 29.9 Å². The SMILES string of the molecule is CC1Cc2cc(/C(O)=C3\C(=O)C(=O)N(c4ccc(C#N)cc4)C3c3ccc(O)c([N+](=O)[O-])c3)ccc2O1. The van der Waals surface area contributed by atoms with Crippen molar-refractivity contribution < 1.29 is 29.5 Å². The summed E-state index contributed by atoms with van der Waals surface area (Å²) in [5.74, 6) is -2.31. The Kier molecular flexibility index (Phi) is 5.61. The monoisotopic (exact) mass is 497 g/mol. The zero-order chi connectivity index (χ0) is 26.4. The first kappa shape index (κ1) is 23.6. The van der Waals surface area contributed by atoms with Gasteiger partial charge >= 0.3 is 5.69 Å². The molecule has 5 rings (SSSR count). The second kappa shape index (κ2) is 8.80. The van der Waals surface area contributed by atoms with Crippen LogP contribution in [0.25, 0.3) is 5.76 Å². The number of aromatic hydroxyl groups is 1. The molecule has 3 aromatic rings. The number of fused-ring (bicyclic) bond motifs is 1. The largest absolute Gasteiger partial charge is 0.507 e. The molecule has 0 saturated carbocycles. The molecule has 1 saturated heterocycles. The highest BCUT2D eigenvalue weighted by Gasteiger charge is 2.47. The van der Waals surface area contributed by atoms with E-state index in [4.69, 9.17) is 10.00 Å². The summed E-state index contributed by atoms with van der Waals surface area (Å²) in [6.07, 6.45) is 0.552. The van der Waals surface area contributed by atoms with Crippen molar-refractivity contribution in [3.63, 3.8) is 0 Å². The molecule has 0 aromatic heterocycles. The molecule has 0 radical (unpaired) electrons. The molecule has 2 unspecified atom stereocenters. The van der Waals surface area contributed by atoms with Gasteiger partial charge in [-0.2, -0.15) is 5.26 Å². The first-order valence-corrected chi connectivity index (χ1v) is 11.3. The molecular formula is C27H19N3O7. The normalized spacial score (nSPS) is 19.8. The van der Waals surface area contributed by atoms with Gasteiger partial charge < -0.3 is 14.9 Å². The molecule has 1 fully saturated rings. The van der Waals surface area contributed by atoms with Gasteiger partial charge in [-0.3, -0.25) is 24.6 Å². The van der Waals surface area contributed by atoms with Crippen LogP contribution in [-0.2, 0) is 16.0 Å². The molecule has 0 spiro atoms. The number of nitrogens with zero attached hydrogens (tertiary/aromatic N) is 3. The van der Waals surface area contributed by atoms with Crippen molar-refractivity contribution in [2.75, 3.05) is 4.90 Å². The Bertz CT molecular complexity index is 1550. The number of anilines is 1. The van der Waals surface area contributed by atoms with Crippen molar-refractivity contribution in [1.29, 1.82) is 5.26 Å².